The summed E-state index contributed by atoms with van der Waals surface area (Å²) in [6.07, 6.45) is 5.41. The number of fused-ring (bicyclic) bond motifs is 2. The Balaban J connectivity index is 1.53. The second kappa shape index (κ2) is 9.09. The van der Waals surface area contributed by atoms with Crippen molar-refractivity contribution >= 4 is 17.5 Å². The number of allylic oxidation sites excluding steroid dienone is 2. The van der Waals surface area contributed by atoms with Crippen LogP contribution in [0, 0.1) is 57.2 Å². The lowest BCUT2D eigenvalue weighted by atomic mass is 9.43. The SMILES string of the molecule is C=C(C(=O)C(O)C(C)[C@@H]1[C@H](OC(C)=O)C[C@]2(C)[C@H]3C[C@H](O)[C@@H]4[C@@H](C)C(=O)C=C[C@@]45C[C@]35CC[C@@]12C)C(C)CO. The van der Waals surface area contributed by atoms with Crippen LogP contribution in [0.1, 0.15) is 73.6 Å². The van der Waals surface area contributed by atoms with Crippen LogP contribution in [0.15, 0.2) is 24.3 Å². The van der Waals surface area contributed by atoms with Gasteiger partial charge in [0.25, 0.3) is 0 Å². The predicted molar refractivity (Wildman–Crippen MR) is 145 cm³/mol. The van der Waals surface area contributed by atoms with Gasteiger partial charge in [-0.15, -0.1) is 0 Å². The Morgan fingerprint density at radius 3 is 2.49 bits per heavy atom. The average Bonchev–Trinajstić information content (AvgIpc) is 3.47. The number of rotatable bonds is 7. The van der Waals surface area contributed by atoms with Crippen molar-refractivity contribution in [3.05, 3.63) is 24.3 Å². The van der Waals surface area contributed by atoms with Gasteiger partial charge in [0.1, 0.15) is 12.2 Å². The number of aliphatic hydroxyl groups excluding tert-OH is 3. The van der Waals surface area contributed by atoms with Crippen LogP contribution in [0.25, 0.3) is 0 Å². The van der Waals surface area contributed by atoms with Crippen molar-refractivity contribution in [3.8, 4) is 0 Å². The van der Waals surface area contributed by atoms with Crippen LogP contribution in [0.2, 0.25) is 0 Å². The monoisotopic (exact) mass is 542 g/mol. The lowest BCUT2D eigenvalue weighted by Gasteiger charge is -2.61. The normalized spacial score (nSPS) is 48.1. The van der Waals surface area contributed by atoms with E-state index in [4.69, 9.17) is 4.74 Å². The molecule has 0 aromatic heterocycles. The van der Waals surface area contributed by atoms with Crippen molar-refractivity contribution in [1.29, 1.82) is 0 Å². The molecular formula is C32H46O7. The van der Waals surface area contributed by atoms with E-state index in [9.17, 15) is 29.7 Å². The Kier molecular flexibility index (Phi) is 6.68. The van der Waals surface area contributed by atoms with E-state index in [-0.39, 0.29) is 69.3 Å². The number of aliphatic hydroxyl groups is 3. The first kappa shape index (κ1) is 28.7. The summed E-state index contributed by atoms with van der Waals surface area (Å²) in [6, 6.07) is 0. The summed E-state index contributed by atoms with van der Waals surface area (Å²) in [6.45, 7) is 15.0. The number of hydrogen-bond acceptors (Lipinski definition) is 7. The van der Waals surface area contributed by atoms with Gasteiger partial charge in [-0.05, 0) is 71.8 Å². The number of ether oxygens (including phenoxy) is 1. The van der Waals surface area contributed by atoms with Gasteiger partial charge in [-0.2, -0.15) is 0 Å². The molecule has 0 aliphatic heterocycles. The molecule has 0 aromatic rings. The number of carbonyl (C=O) groups is 3. The summed E-state index contributed by atoms with van der Waals surface area (Å²) in [5.74, 6) is -2.11. The van der Waals surface area contributed by atoms with Crippen LogP contribution in [-0.4, -0.2) is 57.8 Å². The first-order chi connectivity index (χ1) is 18.1. The third kappa shape index (κ3) is 3.61. The number of carbonyl (C=O) groups excluding carboxylic acids is 3. The van der Waals surface area contributed by atoms with Gasteiger partial charge in [0.15, 0.2) is 11.6 Å². The molecule has 0 aromatic carbocycles. The molecule has 13 atom stereocenters. The Bertz CT molecular complexity index is 1130. The highest BCUT2D eigenvalue weighted by molar-refractivity contribution is 5.98. The van der Waals surface area contributed by atoms with E-state index in [1.807, 2.05) is 13.8 Å². The molecule has 5 aliphatic rings. The van der Waals surface area contributed by atoms with E-state index in [0.717, 1.165) is 19.3 Å². The zero-order chi connectivity index (χ0) is 28.9. The van der Waals surface area contributed by atoms with Crippen molar-refractivity contribution in [2.75, 3.05) is 6.61 Å². The lowest BCUT2D eigenvalue weighted by molar-refractivity contribution is -0.162. The largest absolute Gasteiger partial charge is 0.462 e. The quantitative estimate of drug-likeness (QED) is 0.332. The zero-order valence-electron chi connectivity index (χ0n) is 24.3. The molecule has 0 saturated heterocycles. The Labute approximate surface area is 232 Å². The summed E-state index contributed by atoms with van der Waals surface area (Å²) < 4.78 is 5.97. The fourth-order valence-electron chi connectivity index (χ4n) is 10.6. The van der Waals surface area contributed by atoms with Crippen molar-refractivity contribution in [2.24, 2.45) is 57.2 Å². The smallest absolute Gasteiger partial charge is 0.302 e. The van der Waals surface area contributed by atoms with Crippen LogP contribution in [0.4, 0.5) is 0 Å². The second-order valence-corrected chi connectivity index (χ2v) is 14.3. The van der Waals surface area contributed by atoms with Crippen molar-refractivity contribution in [3.63, 3.8) is 0 Å². The van der Waals surface area contributed by atoms with Gasteiger partial charge in [0.2, 0.25) is 0 Å². The summed E-state index contributed by atoms with van der Waals surface area (Å²) in [4.78, 5) is 38.1. The third-order valence-corrected chi connectivity index (χ3v) is 12.9. The molecule has 39 heavy (non-hydrogen) atoms. The molecule has 0 heterocycles. The highest BCUT2D eigenvalue weighted by atomic mass is 16.5. The van der Waals surface area contributed by atoms with E-state index < -0.39 is 35.9 Å². The minimum Gasteiger partial charge on any atom is -0.462 e. The van der Waals surface area contributed by atoms with E-state index in [1.54, 1.807) is 13.0 Å². The molecule has 0 bridgehead atoms. The van der Waals surface area contributed by atoms with Gasteiger partial charge < -0.3 is 20.1 Å². The fraction of sp³-hybridized carbons (Fsp3) is 0.781. The molecule has 0 radical (unpaired) electrons. The Hall–Kier alpha value is -1.83. The summed E-state index contributed by atoms with van der Waals surface area (Å²) in [7, 11) is 0. The molecule has 5 aliphatic carbocycles. The number of esters is 1. The maximum absolute atomic E-state index is 13.2. The van der Waals surface area contributed by atoms with Crippen molar-refractivity contribution in [2.45, 2.75) is 92.0 Å². The van der Waals surface area contributed by atoms with Crippen LogP contribution in [-0.2, 0) is 19.1 Å². The van der Waals surface area contributed by atoms with Crippen LogP contribution >= 0.6 is 0 Å². The van der Waals surface area contributed by atoms with E-state index >= 15 is 0 Å². The molecule has 3 unspecified atom stereocenters. The molecule has 5 rings (SSSR count). The summed E-state index contributed by atoms with van der Waals surface area (Å²) in [5.41, 5.74) is -0.653. The zero-order valence-corrected chi connectivity index (χ0v) is 24.3. The van der Waals surface area contributed by atoms with Gasteiger partial charge in [-0.1, -0.05) is 47.3 Å². The third-order valence-electron chi connectivity index (χ3n) is 12.9. The Morgan fingerprint density at radius 2 is 1.87 bits per heavy atom. The van der Waals surface area contributed by atoms with Gasteiger partial charge >= 0.3 is 5.97 Å². The first-order valence-corrected chi connectivity index (χ1v) is 14.7. The molecule has 0 amide bonds. The van der Waals surface area contributed by atoms with Crippen LogP contribution in [0.5, 0.6) is 0 Å². The van der Waals surface area contributed by atoms with E-state index in [0.29, 0.717) is 12.8 Å². The van der Waals surface area contributed by atoms with Crippen molar-refractivity contribution < 1.29 is 34.4 Å². The minimum absolute atomic E-state index is 0.00516. The van der Waals surface area contributed by atoms with Gasteiger partial charge in [-0.25, -0.2) is 0 Å². The van der Waals surface area contributed by atoms with Crippen molar-refractivity contribution in [1.82, 2.24) is 0 Å². The predicted octanol–water partition coefficient (Wildman–Crippen LogP) is 3.64. The molecule has 3 N–H and O–H groups in total. The Morgan fingerprint density at radius 1 is 1.21 bits per heavy atom. The topological polar surface area (TPSA) is 121 Å². The summed E-state index contributed by atoms with van der Waals surface area (Å²) in [5, 5.41) is 32.4. The maximum Gasteiger partial charge on any atom is 0.302 e. The van der Waals surface area contributed by atoms with Crippen LogP contribution < -0.4 is 0 Å². The van der Waals surface area contributed by atoms with E-state index in [1.165, 1.54) is 6.92 Å². The van der Waals surface area contributed by atoms with Gasteiger partial charge in [-0.3, -0.25) is 14.4 Å². The molecule has 4 fully saturated rings. The average molecular weight is 543 g/mol. The minimum atomic E-state index is -1.33. The summed E-state index contributed by atoms with van der Waals surface area (Å²) >= 11 is 0. The van der Waals surface area contributed by atoms with Gasteiger partial charge in [0, 0.05) is 42.6 Å². The highest BCUT2D eigenvalue weighted by Gasteiger charge is 2.83. The molecular weight excluding hydrogens is 496 g/mol. The van der Waals surface area contributed by atoms with Gasteiger partial charge in [0.05, 0.1) is 6.10 Å². The highest BCUT2D eigenvalue weighted by Crippen LogP contribution is 2.87. The lowest BCUT2D eigenvalue weighted by Crippen LogP contribution is -2.58. The van der Waals surface area contributed by atoms with E-state index in [2.05, 4.69) is 26.5 Å². The molecule has 2 spiro atoms. The number of ketones is 2. The number of hydrogen-bond donors (Lipinski definition) is 3. The number of Topliss-reactive ketones (excluding diaryl/α,β-unsaturated/α-hetero) is 1. The molecule has 7 nitrogen and oxygen atoms in total. The maximum atomic E-state index is 13.2. The molecule has 7 heteroatoms. The molecule has 216 valence electrons. The second-order valence-electron chi connectivity index (χ2n) is 14.3. The standard InChI is InChI=1S/C32H46O7/c1-16(14-33)17(2)27(37)28(38)19(4)26-23(39-20(5)34)13-30(7)24-12-22(36)25-18(3)21(35)8-9-32(25)15-31(24,32)11-10-29(26,30)6/h8-9,16,18-19,22-26,28,33,36,38H,2,10-15H2,1,3-7H3/t16?,18-,19?,22-,23+,24+,25-,26+,28?,29-,30+,31+,32+/m0/s1. The first-order valence-electron chi connectivity index (χ1n) is 14.7. The van der Waals surface area contributed by atoms with Crippen LogP contribution in [0.3, 0.4) is 0 Å². The molecule has 4 saturated carbocycles. The fourth-order valence-corrected chi connectivity index (χ4v) is 10.6.